The van der Waals surface area contributed by atoms with Crippen LogP contribution in [0.2, 0.25) is 0 Å². The van der Waals surface area contributed by atoms with Crippen molar-refractivity contribution in [2.45, 2.75) is 25.8 Å². The zero-order valence-electron chi connectivity index (χ0n) is 12.4. The summed E-state index contributed by atoms with van der Waals surface area (Å²) in [4.78, 5) is 16.2. The molecule has 1 fully saturated rings. The lowest BCUT2D eigenvalue weighted by Crippen LogP contribution is -2.41. The van der Waals surface area contributed by atoms with Gasteiger partial charge in [-0.1, -0.05) is 6.92 Å². The van der Waals surface area contributed by atoms with E-state index in [1.807, 2.05) is 0 Å². The van der Waals surface area contributed by atoms with Crippen molar-refractivity contribution < 1.29 is 13.6 Å². The molecule has 2 rings (SSSR count). The van der Waals surface area contributed by atoms with Gasteiger partial charge in [-0.3, -0.25) is 9.69 Å². The number of benzene rings is 1. The van der Waals surface area contributed by atoms with Gasteiger partial charge in [-0.2, -0.15) is 0 Å². The standard InChI is InChI=1S/C15H21F2N3O/c1-3-20-6-4-5-10(20)9-19(2)15(21)11-7-12(16)13(17)8-14(11)18/h7-8,10H,3-6,9,18H2,1-2H3. The Morgan fingerprint density at radius 2 is 2.10 bits per heavy atom. The van der Waals surface area contributed by atoms with Gasteiger partial charge in [-0.25, -0.2) is 8.78 Å². The number of nitrogens with two attached hydrogens (primary N) is 1. The number of halogens is 2. The van der Waals surface area contributed by atoms with E-state index in [-0.39, 0.29) is 17.2 Å². The number of nitrogen functional groups attached to an aromatic ring is 1. The molecule has 6 heteroatoms. The first kappa shape index (κ1) is 15.7. The number of hydrogen-bond donors (Lipinski definition) is 1. The summed E-state index contributed by atoms with van der Waals surface area (Å²) in [6.07, 6.45) is 2.16. The molecule has 1 aromatic rings. The summed E-state index contributed by atoms with van der Waals surface area (Å²) < 4.78 is 26.4. The van der Waals surface area contributed by atoms with Gasteiger partial charge < -0.3 is 10.6 Å². The third-order valence-corrected chi connectivity index (χ3v) is 4.06. The molecule has 2 N–H and O–H groups in total. The number of hydrogen-bond acceptors (Lipinski definition) is 3. The van der Waals surface area contributed by atoms with Gasteiger partial charge in [-0.05, 0) is 32.0 Å². The zero-order valence-corrected chi connectivity index (χ0v) is 12.4. The van der Waals surface area contributed by atoms with Crippen molar-refractivity contribution in [3.05, 3.63) is 29.3 Å². The molecule has 116 valence electrons. The van der Waals surface area contributed by atoms with Crippen LogP contribution in [0.5, 0.6) is 0 Å². The number of carbonyl (C=O) groups is 1. The molecule has 4 nitrogen and oxygen atoms in total. The number of carbonyl (C=O) groups excluding carboxylic acids is 1. The van der Waals surface area contributed by atoms with Crippen molar-refractivity contribution in [1.82, 2.24) is 9.80 Å². The van der Waals surface area contributed by atoms with Crippen LogP contribution in [-0.4, -0.2) is 48.4 Å². The molecule has 1 aromatic carbocycles. The largest absolute Gasteiger partial charge is 0.398 e. The van der Waals surface area contributed by atoms with Crippen molar-refractivity contribution in [3.63, 3.8) is 0 Å². The van der Waals surface area contributed by atoms with Gasteiger partial charge >= 0.3 is 0 Å². The van der Waals surface area contributed by atoms with Crippen LogP contribution in [0.15, 0.2) is 12.1 Å². The molecular formula is C15H21F2N3O. The number of nitrogens with zero attached hydrogens (tertiary/aromatic N) is 2. The third-order valence-electron chi connectivity index (χ3n) is 4.06. The molecule has 0 saturated carbocycles. The van der Waals surface area contributed by atoms with Gasteiger partial charge in [0, 0.05) is 31.4 Å². The van der Waals surface area contributed by atoms with E-state index in [1.54, 1.807) is 7.05 Å². The quantitative estimate of drug-likeness (QED) is 0.866. The first-order chi connectivity index (χ1) is 9.93. The van der Waals surface area contributed by atoms with E-state index in [2.05, 4.69) is 11.8 Å². The normalized spacial score (nSPS) is 19.0. The number of likely N-dealkylation sites (tertiary alicyclic amines) is 1. The maximum absolute atomic E-state index is 13.3. The van der Waals surface area contributed by atoms with Gasteiger partial charge in [0.25, 0.3) is 5.91 Å². The van der Waals surface area contributed by atoms with E-state index in [0.717, 1.165) is 38.1 Å². The SMILES string of the molecule is CCN1CCCC1CN(C)C(=O)c1cc(F)c(F)cc1N. The van der Waals surface area contributed by atoms with E-state index in [0.29, 0.717) is 12.6 Å². The fourth-order valence-electron chi connectivity index (χ4n) is 2.87. The monoisotopic (exact) mass is 297 g/mol. The van der Waals surface area contributed by atoms with E-state index in [9.17, 15) is 13.6 Å². The third kappa shape index (κ3) is 3.32. The average Bonchev–Trinajstić information content (AvgIpc) is 2.89. The number of amides is 1. The van der Waals surface area contributed by atoms with Gasteiger partial charge in [0.2, 0.25) is 0 Å². The molecule has 0 radical (unpaired) electrons. The van der Waals surface area contributed by atoms with Crippen LogP contribution in [-0.2, 0) is 0 Å². The highest BCUT2D eigenvalue weighted by atomic mass is 19.2. The molecular weight excluding hydrogens is 276 g/mol. The van der Waals surface area contributed by atoms with Crippen LogP contribution in [0.3, 0.4) is 0 Å². The van der Waals surface area contributed by atoms with Gasteiger partial charge in [-0.15, -0.1) is 0 Å². The Kier molecular flexibility index (Phi) is 4.77. The van der Waals surface area contributed by atoms with E-state index >= 15 is 0 Å². The number of rotatable bonds is 4. The first-order valence-electron chi connectivity index (χ1n) is 7.18. The Morgan fingerprint density at radius 3 is 2.76 bits per heavy atom. The number of anilines is 1. The number of likely N-dealkylation sites (N-methyl/N-ethyl adjacent to an activating group) is 2. The van der Waals surface area contributed by atoms with Gasteiger partial charge in [0.05, 0.1) is 5.56 Å². The van der Waals surface area contributed by atoms with Crippen molar-refractivity contribution in [3.8, 4) is 0 Å². The summed E-state index contributed by atoms with van der Waals surface area (Å²) in [5.74, 6) is -2.48. The van der Waals surface area contributed by atoms with Gasteiger partial charge in [0.1, 0.15) is 0 Å². The second kappa shape index (κ2) is 6.39. The molecule has 0 aliphatic carbocycles. The Bertz CT molecular complexity index is 536. The van der Waals surface area contributed by atoms with E-state index < -0.39 is 11.6 Å². The van der Waals surface area contributed by atoms with Crippen LogP contribution < -0.4 is 5.73 Å². The zero-order chi connectivity index (χ0) is 15.6. The minimum atomic E-state index is -1.06. The maximum Gasteiger partial charge on any atom is 0.255 e. The fraction of sp³-hybridized carbons (Fsp3) is 0.533. The summed E-state index contributed by atoms with van der Waals surface area (Å²) in [5, 5.41) is 0. The minimum Gasteiger partial charge on any atom is -0.398 e. The lowest BCUT2D eigenvalue weighted by atomic mass is 10.1. The predicted molar refractivity (Wildman–Crippen MR) is 78.0 cm³/mol. The molecule has 1 aliphatic heterocycles. The predicted octanol–water partition coefficient (Wildman–Crippen LogP) is 2.10. The Hall–Kier alpha value is -1.69. The summed E-state index contributed by atoms with van der Waals surface area (Å²) in [6.45, 7) is 4.63. The fourth-order valence-corrected chi connectivity index (χ4v) is 2.87. The molecule has 1 amide bonds. The Morgan fingerprint density at radius 1 is 1.43 bits per heavy atom. The molecule has 0 spiro atoms. The summed E-state index contributed by atoms with van der Waals surface area (Å²) in [7, 11) is 1.66. The Balaban J connectivity index is 2.11. The second-order valence-electron chi connectivity index (χ2n) is 5.46. The van der Waals surface area contributed by atoms with Crippen LogP contribution in [0.1, 0.15) is 30.1 Å². The van der Waals surface area contributed by atoms with Crippen molar-refractivity contribution >= 4 is 11.6 Å². The van der Waals surface area contributed by atoms with E-state index in [4.69, 9.17) is 5.73 Å². The highest BCUT2D eigenvalue weighted by molar-refractivity contribution is 5.99. The van der Waals surface area contributed by atoms with Gasteiger partial charge in [0.15, 0.2) is 11.6 Å². The molecule has 0 aromatic heterocycles. The lowest BCUT2D eigenvalue weighted by Gasteiger charge is -2.28. The van der Waals surface area contributed by atoms with Crippen molar-refractivity contribution in [2.75, 3.05) is 32.4 Å². The summed E-state index contributed by atoms with van der Waals surface area (Å²) >= 11 is 0. The van der Waals surface area contributed by atoms with Crippen LogP contribution in [0.4, 0.5) is 14.5 Å². The van der Waals surface area contributed by atoms with Crippen molar-refractivity contribution in [2.24, 2.45) is 0 Å². The molecule has 0 bridgehead atoms. The molecule has 1 heterocycles. The lowest BCUT2D eigenvalue weighted by molar-refractivity contribution is 0.0755. The summed E-state index contributed by atoms with van der Waals surface area (Å²) in [6, 6.07) is 2.04. The molecule has 1 saturated heterocycles. The van der Waals surface area contributed by atoms with E-state index in [1.165, 1.54) is 4.90 Å². The highest BCUT2D eigenvalue weighted by Crippen LogP contribution is 2.21. The smallest absolute Gasteiger partial charge is 0.255 e. The second-order valence-corrected chi connectivity index (χ2v) is 5.46. The van der Waals surface area contributed by atoms with Crippen LogP contribution in [0.25, 0.3) is 0 Å². The van der Waals surface area contributed by atoms with Crippen LogP contribution in [0, 0.1) is 11.6 Å². The first-order valence-corrected chi connectivity index (χ1v) is 7.18. The average molecular weight is 297 g/mol. The highest BCUT2D eigenvalue weighted by Gasteiger charge is 2.26. The molecule has 1 atom stereocenters. The summed E-state index contributed by atoms with van der Waals surface area (Å²) in [5.41, 5.74) is 5.60. The maximum atomic E-state index is 13.3. The molecule has 1 aliphatic rings. The Labute approximate surface area is 123 Å². The molecule has 1 unspecified atom stereocenters. The minimum absolute atomic E-state index is 0.0115. The van der Waals surface area contributed by atoms with Crippen molar-refractivity contribution in [1.29, 1.82) is 0 Å². The molecule has 21 heavy (non-hydrogen) atoms. The topological polar surface area (TPSA) is 49.6 Å². The van der Waals surface area contributed by atoms with Crippen LogP contribution >= 0.6 is 0 Å².